The molecule has 1 N–H and O–H groups in total. The first kappa shape index (κ1) is 22.1. The lowest BCUT2D eigenvalue weighted by molar-refractivity contribution is -0.281. The van der Waals surface area contributed by atoms with Crippen LogP contribution in [0, 0.1) is 0 Å². The molecule has 1 aliphatic rings. The van der Waals surface area contributed by atoms with Crippen LogP contribution in [0.4, 0.5) is 13.2 Å². The Bertz CT molecular complexity index is 589. The van der Waals surface area contributed by atoms with Crippen molar-refractivity contribution < 1.29 is 32.5 Å². The van der Waals surface area contributed by atoms with Gasteiger partial charge in [0.15, 0.2) is 6.29 Å². The molecule has 2 rings (SSSR count). The van der Waals surface area contributed by atoms with E-state index in [-0.39, 0.29) is 13.2 Å². The first-order valence-corrected chi connectivity index (χ1v) is 9.52. The molecule has 0 amide bonds. The van der Waals surface area contributed by atoms with E-state index in [1.54, 1.807) is 6.92 Å². The van der Waals surface area contributed by atoms with Crippen LogP contribution < -0.4 is 0 Å². The van der Waals surface area contributed by atoms with Crippen molar-refractivity contribution in [3.63, 3.8) is 0 Å². The summed E-state index contributed by atoms with van der Waals surface area (Å²) in [6.45, 7) is 5.85. The Morgan fingerprint density at radius 2 is 1.96 bits per heavy atom. The SMILES string of the molecule is CCCc1ccc(C(F)(F)F)cc1CO[C@@H]1CO[C@H](CCC)O[C@@H]1C(C)O. The van der Waals surface area contributed by atoms with E-state index in [2.05, 4.69) is 0 Å². The number of hydrogen-bond donors (Lipinski definition) is 1. The molecule has 1 saturated heterocycles. The van der Waals surface area contributed by atoms with Crippen LogP contribution in [0.5, 0.6) is 0 Å². The van der Waals surface area contributed by atoms with Gasteiger partial charge in [0.05, 0.1) is 24.9 Å². The second kappa shape index (κ2) is 9.87. The van der Waals surface area contributed by atoms with E-state index in [0.29, 0.717) is 18.4 Å². The van der Waals surface area contributed by atoms with Crippen LogP contribution in [0.1, 0.15) is 56.7 Å². The zero-order valence-electron chi connectivity index (χ0n) is 16.1. The Labute approximate surface area is 158 Å². The number of rotatable bonds is 8. The van der Waals surface area contributed by atoms with E-state index in [1.807, 2.05) is 13.8 Å². The monoisotopic (exact) mass is 390 g/mol. The molecule has 27 heavy (non-hydrogen) atoms. The fourth-order valence-corrected chi connectivity index (χ4v) is 3.20. The summed E-state index contributed by atoms with van der Waals surface area (Å²) in [5, 5.41) is 10.0. The van der Waals surface area contributed by atoms with E-state index in [9.17, 15) is 18.3 Å². The van der Waals surface area contributed by atoms with Crippen LogP contribution in [-0.2, 0) is 33.4 Å². The second-order valence-electron chi connectivity index (χ2n) is 6.97. The first-order valence-electron chi connectivity index (χ1n) is 9.52. The fraction of sp³-hybridized carbons (Fsp3) is 0.700. The highest BCUT2D eigenvalue weighted by molar-refractivity contribution is 5.33. The molecule has 154 valence electrons. The third-order valence-electron chi connectivity index (χ3n) is 4.63. The molecule has 0 saturated carbocycles. The van der Waals surface area contributed by atoms with Crippen molar-refractivity contribution in [2.75, 3.05) is 6.61 Å². The highest BCUT2D eigenvalue weighted by Crippen LogP contribution is 2.31. The topological polar surface area (TPSA) is 47.9 Å². The molecular weight excluding hydrogens is 361 g/mol. The minimum absolute atomic E-state index is 0.0122. The molecule has 1 aliphatic heterocycles. The minimum atomic E-state index is -4.40. The predicted octanol–water partition coefficient (Wildman–Crippen LogP) is 4.47. The van der Waals surface area contributed by atoms with E-state index >= 15 is 0 Å². The molecular formula is C20H29F3O4. The van der Waals surface area contributed by atoms with Crippen molar-refractivity contribution in [3.8, 4) is 0 Å². The lowest BCUT2D eigenvalue weighted by Crippen LogP contribution is -2.50. The number of ether oxygens (including phenoxy) is 3. The lowest BCUT2D eigenvalue weighted by atomic mass is 10.0. The quantitative estimate of drug-likeness (QED) is 0.712. The second-order valence-corrected chi connectivity index (χ2v) is 6.97. The number of benzene rings is 1. The van der Waals surface area contributed by atoms with E-state index < -0.39 is 36.3 Å². The van der Waals surface area contributed by atoms with Gasteiger partial charge in [0, 0.05) is 0 Å². The van der Waals surface area contributed by atoms with Crippen LogP contribution in [-0.4, -0.2) is 36.3 Å². The van der Waals surface area contributed by atoms with Crippen molar-refractivity contribution in [2.24, 2.45) is 0 Å². The summed E-state index contributed by atoms with van der Waals surface area (Å²) in [6.07, 6.45) is -3.58. The van der Waals surface area contributed by atoms with Crippen molar-refractivity contribution >= 4 is 0 Å². The van der Waals surface area contributed by atoms with Gasteiger partial charge in [0.25, 0.3) is 0 Å². The number of aliphatic hydroxyl groups is 1. The van der Waals surface area contributed by atoms with Crippen molar-refractivity contribution in [3.05, 3.63) is 34.9 Å². The number of aliphatic hydroxyl groups excluding tert-OH is 1. The fourth-order valence-electron chi connectivity index (χ4n) is 3.20. The van der Waals surface area contributed by atoms with Gasteiger partial charge in [-0.1, -0.05) is 32.8 Å². The molecule has 1 fully saturated rings. The molecule has 0 spiro atoms. The maximum absolute atomic E-state index is 13.0. The Balaban J connectivity index is 2.11. The Morgan fingerprint density at radius 3 is 2.56 bits per heavy atom. The number of aryl methyl sites for hydroxylation is 1. The molecule has 1 heterocycles. The normalized spacial score (nSPS) is 24.8. The van der Waals surface area contributed by atoms with Crippen LogP contribution in [0.25, 0.3) is 0 Å². The predicted molar refractivity (Wildman–Crippen MR) is 95.2 cm³/mol. The molecule has 1 aromatic rings. The lowest BCUT2D eigenvalue weighted by Gasteiger charge is -2.38. The third-order valence-corrected chi connectivity index (χ3v) is 4.63. The average molecular weight is 390 g/mol. The molecule has 0 aromatic heterocycles. The van der Waals surface area contributed by atoms with Gasteiger partial charge in [-0.25, -0.2) is 0 Å². The van der Waals surface area contributed by atoms with Gasteiger partial charge in [-0.2, -0.15) is 13.2 Å². The minimum Gasteiger partial charge on any atom is -0.391 e. The zero-order chi connectivity index (χ0) is 20.0. The van der Waals surface area contributed by atoms with Crippen molar-refractivity contribution in [1.82, 2.24) is 0 Å². The molecule has 0 bridgehead atoms. The van der Waals surface area contributed by atoms with Gasteiger partial charge in [0.1, 0.15) is 12.2 Å². The number of halogens is 3. The van der Waals surface area contributed by atoms with Crippen LogP contribution in [0.3, 0.4) is 0 Å². The molecule has 4 atom stereocenters. The Morgan fingerprint density at radius 1 is 1.22 bits per heavy atom. The van der Waals surface area contributed by atoms with E-state index in [4.69, 9.17) is 14.2 Å². The Hall–Kier alpha value is -1.15. The number of alkyl halides is 3. The molecule has 0 aliphatic carbocycles. The molecule has 1 aromatic carbocycles. The summed E-state index contributed by atoms with van der Waals surface area (Å²) in [6, 6.07) is 3.77. The molecule has 4 nitrogen and oxygen atoms in total. The summed E-state index contributed by atoms with van der Waals surface area (Å²) in [4.78, 5) is 0. The van der Waals surface area contributed by atoms with Gasteiger partial charge in [0.2, 0.25) is 0 Å². The van der Waals surface area contributed by atoms with Gasteiger partial charge in [-0.3, -0.25) is 0 Å². The summed E-state index contributed by atoms with van der Waals surface area (Å²) in [5.74, 6) is 0. The van der Waals surface area contributed by atoms with Crippen molar-refractivity contribution in [1.29, 1.82) is 0 Å². The highest BCUT2D eigenvalue weighted by Gasteiger charge is 2.36. The van der Waals surface area contributed by atoms with Gasteiger partial charge in [-0.15, -0.1) is 0 Å². The zero-order valence-corrected chi connectivity index (χ0v) is 16.1. The van der Waals surface area contributed by atoms with Gasteiger partial charge < -0.3 is 19.3 Å². The number of hydrogen-bond acceptors (Lipinski definition) is 4. The van der Waals surface area contributed by atoms with Gasteiger partial charge in [-0.05, 0) is 43.0 Å². The Kier molecular flexibility index (Phi) is 8.09. The smallest absolute Gasteiger partial charge is 0.391 e. The first-order chi connectivity index (χ1) is 12.8. The summed E-state index contributed by atoms with van der Waals surface area (Å²) in [5.41, 5.74) is 0.652. The standard InChI is InChI=1S/C20H29F3O4/c1-4-6-14-8-9-16(20(21,22)23)10-15(14)11-25-17-12-26-18(7-5-2)27-19(17)13(3)24/h8-10,13,17-19,24H,4-7,11-12H2,1-3H3/t13?,17-,18+,19-/m1/s1. The molecule has 0 radical (unpaired) electrons. The summed E-state index contributed by atoms with van der Waals surface area (Å²) in [7, 11) is 0. The van der Waals surface area contributed by atoms with Crippen LogP contribution in [0.2, 0.25) is 0 Å². The maximum Gasteiger partial charge on any atom is 0.416 e. The largest absolute Gasteiger partial charge is 0.416 e. The maximum atomic E-state index is 13.0. The summed E-state index contributed by atoms with van der Waals surface area (Å²) < 4.78 is 56.4. The average Bonchev–Trinajstić information content (AvgIpc) is 2.61. The molecule has 7 heteroatoms. The molecule has 1 unspecified atom stereocenters. The van der Waals surface area contributed by atoms with Gasteiger partial charge >= 0.3 is 6.18 Å². The van der Waals surface area contributed by atoms with Crippen molar-refractivity contribution in [2.45, 2.75) is 83.8 Å². The van der Waals surface area contributed by atoms with E-state index in [1.165, 1.54) is 6.07 Å². The summed E-state index contributed by atoms with van der Waals surface area (Å²) >= 11 is 0. The highest BCUT2D eigenvalue weighted by atomic mass is 19.4. The van der Waals surface area contributed by atoms with Crippen LogP contribution in [0.15, 0.2) is 18.2 Å². The van der Waals surface area contributed by atoms with Crippen LogP contribution >= 0.6 is 0 Å². The van der Waals surface area contributed by atoms with E-state index in [0.717, 1.165) is 30.5 Å². The third kappa shape index (κ3) is 6.17.